The van der Waals surface area contributed by atoms with E-state index in [1.807, 2.05) is 0 Å². The third-order valence-electron chi connectivity index (χ3n) is 4.57. The van der Waals surface area contributed by atoms with E-state index >= 15 is 0 Å². The van der Waals surface area contributed by atoms with Gasteiger partial charge in [0.1, 0.15) is 0 Å². The number of likely N-dealkylation sites (tertiary alicyclic amines) is 1. The molecule has 3 atom stereocenters. The van der Waals surface area contributed by atoms with Crippen molar-refractivity contribution in [1.29, 1.82) is 0 Å². The maximum atomic E-state index is 9.70. The molecule has 0 saturated carbocycles. The summed E-state index contributed by atoms with van der Waals surface area (Å²) in [5.41, 5.74) is -0.137. The summed E-state index contributed by atoms with van der Waals surface area (Å²) in [4.78, 5) is 2.65. The molecule has 1 saturated heterocycles. The first-order valence-corrected chi connectivity index (χ1v) is 8.14. The SMILES string of the molecule is CCCNC(C)(CO)CC(C)N1CCCCCC1C. The summed E-state index contributed by atoms with van der Waals surface area (Å²) in [5, 5.41) is 13.2. The highest BCUT2D eigenvalue weighted by atomic mass is 16.3. The zero-order valence-electron chi connectivity index (χ0n) is 13.4. The Morgan fingerprint density at radius 1 is 1.37 bits per heavy atom. The predicted molar refractivity (Wildman–Crippen MR) is 82.5 cm³/mol. The van der Waals surface area contributed by atoms with E-state index in [0.717, 1.165) is 19.4 Å². The minimum atomic E-state index is -0.137. The van der Waals surface area contributed by atoms with Crippen LogP contribution < -0.4 is 5.32 Å². The van der Waals surface area contributed by atoms with E-state index in [0.29, 0.717) is 12.1 Å². The largest absolute Gasteiger partial charge is 0.394 e. The molecular weight excluding hydrogens is 236 g/mol. The molecule has 0 amide bonds. The van der Waals surface area contributed by atoms with Crippen molar-refractivity contribution in [3.63, 3.8) is 0 Å². The average molecular weight is 270 g/mol. The van der Waals surface area contributed by atoms with E-state index in [1.54, 1.807) is 0 Å². The summed E-state index contributed by atoms with van der Waals surface area (Å²) in [7, 11) is 0. The summed E-state index contributed by atoms with van der Waals surface area (Å²) in [6, 6.07) is 1.22. The second kappa shape index (κ2) is 8.23. The lowest BCUT2D eigenvalue weighted by Crippen LogP contribution is -2.52. The Hall–Kier alpha value is -0.120. The lowest BCUT2D eigenvalue weighted by atomic mass is 9.92. The van der Waals surface area contributed by atoms with Crippen LogP contribution in [0.5, 0.6) is 0 Å². The van der Waals surface area contributed by atoms with Crippen molar-refractivity contribution in [3.05, 3.63) is 0 Å². The molecule has 2 N–H and O–H groups in total. The fraction of sp³-hybridized carbons (Fsp3) is 1.00. The van der Waals surface area contributed by atoms with Crippen molar-refractivity contribution in [2.75, 3.05) is 19.7 Å². The van der Waals surface area contributed by atoms with E-state index in [1.165, 1.54) is 32.2 Å². The van der Waals surface area contributed by atoms with Crippen LogP contribution in [0.1, 0.15) is 66.2 Å². The summed E-state index contributed by atoms with van der Waals surface area (Å²) < 4.78 is 0. The molecule has 0 radical (unpaired) electrons. The molecule has 1 rings (SSSR count). The fourth-order valence-corrected chi connectivity index (χ4v) is 3.34. The smallest absolute Gasteiger partial charge is 0.0611 e. The minimum absolute atomic E-state index is 0.137. The predicted octanol–water partition coefficient (Wildman–Crippen LogP) is 2.78. The van der Waals surface area contributed by atoms with Crippen LogP contribution >= 0.6 is 0 Å². The fourth-order valence-electron chi connectivity index (χ4n) is 3.34. The van der Waals surface area contributed by atoms with Gasteiger partial charge in [-0.05, 0) is 59.5 Å². The number of aliphatic hydroxyl groups excluding tert-OH is 1. The number of hydrogen-bond donors (Lipinski definition) is 2. The van der Waals surface area contributed by atoms with Gasteiger partial charge in [0.05, 0.1) is 6.61 Å². The number of nitrogens with zero attached hydrogens (tertiary/aromatic N) is 1. The molecule has 0 aliphatic carbocycles. The monoisotopic (exact) mass is 270 g/mol. The van der Waals surface area contributed by atoms with Crippen LogP contribution in [0, 0.1) is 0 Å². The Labute approximate surface area is 119 Å². The molecule has 1 fully saturated rings. The van der Waals surface area contributed by atoms with Crippen LogP contribution in [0.2, 0.25) is 0 Å². The van der Waals surface area contributed by atoms with Crippen molar-refractivity contribution >= 4 is 0 Å². The van der Waals surface area contributed by atoms with Crippen LogP contribution in [0.3, 0.4) is 0 Å². The van der Waals surface area contributed by atoms with Crippen LogP contribution in [0.15, 0.2) is 0 Å². The van der Waals surface area contributed by atoms with Crippen LogP contribution in [-0.4, -0.2) is 47.3 Å². The minimum Gasteiger partial charge on any atom is -0.394 e. The van der Waals surface area contributed by atoms with Gasteiger partial charge in [0.25, 0.3) is 0 Å². The van der Waals surface area contributed by atoms with E-state index in [4.69, 9.17) is 0 Å². The molecule has 0 aromatic heterocycles. The first-order chi connectivity index (χ1) is 9.02. The Balaban J connectivity index is 2.56. The Bertz CT molecular complexity index is 247. The van der Waals surface area contributed by atoms with Crippen molar-refractivity contribution in [1.82, 2.24) is 10.2 Å². The molecule has 1 aliphatic heterocycles. The Kier molecular flexibility index (Phi) is 7.33. The normalized spacial score (nSPS) is 26.7. The van der Waals surface area contributed by atoms with Gasteiger partial charge in [0, 0.05) is 17.6 Å². The standard InChI is InChI=1S/C16H34N2O/c1-5-10-17-16(4,13-19)12-15(3)18-11-8-6-7-9-14(18)2/h14-15,17,19H,5-13H2,1-4H3. The van der Waals surface area contributed by atoms with Gasteiger partial charge in [-0.3, -0.25) is 4.90 Å². The molecule has 1 aliphatic rings. The first-order valence-electron chi connectivity index (χ1n) is 8.14. The van der Waals surface area contributed by atoms with Gasteiger partial charge < -0.3 is 10.4 Å². The molecule has 3 unspecified atom stereocenters. The van der Waals surface area contributed by atoms with Crippen LogP contribution in [-0.2, 0) is 0 Å². The van der Waals surface area contributed by atoms with E-state index < -0.39 is 0 Å². The van der Waals surface area contributed by atoms with Gasteiger partial charge in [-0.15, -0.1) is 0 Å². The molecule has 0 aromatic carbocycles. The third-order valence-corrected chi connectivity index (χ3v) is 4.57. The number of nitrogens with one attached hydrogen (secondary N) is 1. The zero-order valence-corrected chi connectivity index (χ0v) is 13.4. The number of aliphatic hydroxyl groups is 1. The molecule has 19 heavy (non-hydrogen) atoms. The highest BCUT2D eigenvalue weighted by molar-refractivity contribution is 4.88. The van der Waals surface area contributed by atoms with Gasteiger partial charge >= 0.3 is 0 Å². The third kappa shape index (κ3) is 5.41. The molecule has 1 heterocycles. The van der Waals surface area contributed by atoms with Crippen molar-refractivity contribution in [2.24, 2.45) is 0 Å². The average Bonchev–Trinajstić information content (AvgIpc) is 2.61. The van der Waals surface area contributed by atoms with Crippen molar-refractivity contribution < 1.29 is 5.11 Å². The summed E-state index contributed by atoms with van der Waals surface area (Å²) >= 11 is 0. The Morgan fingerprint density at radius 3 is 2.74 bits per heavy atom. The van der Waals surface area contributed by atoms with Gasteiger partial charge in [-0.25, -0.2) is 0 Å². The maximum Gasteiger partial charge on any atom is 0.0611 e. The number of rotatable bonds is 7. The molecule has 0 aromatic rings. The quantitative estimate of drug-likeness (QED) is 0.747. The molecule has 114 valence electrons. The van der Waals surface area contributed by atoms with Gasteiger partial charge in [0.2, 0.25) is 0 Å². The molecule has 0 bridgehead atoms. The Morgan fingerprint density at radius 2 is 2.11 bits per heavy atom. The van der Waals surface area contributed by atoms with Gasteiger partial charge in [0.15, 0.2) is 0 Å². The second-order valence-corrected chi connectivity index (χ2v) is 6.63. The molecule has 3 heteroatoms. The van der Waals surface area contributed by atoms with Gasteiger partial charge in [-0.2, -0.15) is 0 Å². The van der Waals surface area contributed by atoms with Crippen molar-refractivity contribution in [2.45, 2.75) is 83.8 Å². The van der Waals surface area contributed by atoms with Crippen LogP contribution in [0.4, 0.5) is 0 Å². The zero-order chi connectivity index (χ0) is 14.3. The number of hydrogen-bond acceptors (Lipinski definition) is 3. The molecule has 0 spiro atoms. The topological polar surface area (TPSA) is 35.5 Å². The van der Waals surface area contributed by atoms with Crippen LogP contribution in [0.25, 0.3) is 0 Å². The van der Waals surface area contributed by atoms with Gasteiger partial charge in [-0.1, -0.05) is 19.8 Å². The summed E-state index contributed by atoms with van der Waals surface area (Å²) in [5.74, 6) is 0. The first kappa shape index (κ1) is 16.9. The second-order valence-electron chi connectivity index (χ2n) is 6.63. The maximum absolute atomic E-state index is 9.70. The summed E-state index contributed by atoms with van der Waals surface area (Å²) in [6.45, 7) is 11.4. The highest BCUT2D eigenvalue weighted by Gasteiger charge is 2.30. The van der Waals surface area contributed by atoms with E-state index in [-0.39, 0.29) is 12.1 Å². The summed E-state index contributed by atoms with van der Waals surface area (Å²) in [6.07, 6.45) is 7.53. The lowest BCUT2D eigenvalue weighted by molar-refractivity contribution is 0.0940. The lowest BCUT2D eigenvalue weighted by Gasteiger charge is -2.39. The van der Waals surface area contributed by atoms with E-state index in [9.17, 15) is 5.11 Å². The van der Waals surface area contributed by atoms with E-state index in [2.05, 4.69) is 37.9 Å². The van der Waals surface area contributed by atoms with Crippen molar-refractivity contribution in [3.8, 4) is 0 Å². The molecule has 3 nitrogen and oxygen atoms in total. The molecular formula is C16H34N2O. The highest BCUT2D eigenvalue weighted by Crippen LogP contribution is 2.23.